The molecule has 0 aromatic carbocycles. The number of nitrogens with zero attached hydrogens (tertiary/aromatic N) is 1. The van der Waals surface area contributed by atoms with Gasteiger partial charge in [-0.3, -0.25) is 4.79 Å². The maximum Gasteiger partial charge on any atom is 0.253 e. The van der Waals surface area contributed by atoms with E-state index in [2.05, 4.69) is 30.7 Å². The number of aromatic nitrogens is 1. The molecule has 0 aliphatic rings. The van der Waals surface area contributed by atoms with Crippen molar-refractivity contribution in [1.82, 2.24) is 9.88 Å². The molecule has 4 nitrogen and oxygen atoms in total. The van der Waals surface area contributed by atoms with Gasteiger partial charge in [0.05, 0.1) is 5.56 Å². The van der Waals surface area contributed by atoms with E-state index in [9.17, 15) is 4.79 Å². The first-order valence-corrected chi connectivity index (χ1v) is 7.61. The third-order valence-electron chi connectivity index (χ3n) is 3.77. The smallest absolute Gasteiger partial charge is 0.253 e. The standard InChI is InChI=1S/C16H29N3O/c1-6-7-8-14(10-17)18-16(20)15-9-12(4)19(11(2)3)13(15)5/h9,11,14H,6-8,10,17H2,1-5H3,(H,18,20). The molecule has 3 N–H and O–H groups in total. The van der Waals surface area contributed by atoms with Gasteiger partial charge in [0, 0.05) is 30.0 Å². The molecule has 4 heteroatoms. The van der Waals surface area contributed by atoms with Crippen molar-refractivity contribution >= 4 is 5.91 Å². The van der Waals surface area contributed by atoms with Crippen LogP contribution in [0.15, 0.2) is 6.07 Å². The fraction of sp³-hybridized carbons (Fsp3) is 0.688. The van der Waals surface area contributed by atoms with E-state index in [1.165, 1.54) is 0 Å². The summed E-state index contributed by atoms with van der Waals surface area (Å²) >= 11 is 0. The van der Waals surface area contributed by atoms with E-state index in [-0.39, 0.29) is 11.9 Å². The predicted molar refractivity (Wildman–Crippen MR) is 84.1 cm³/mol. The fourth-order valence-electron chi connectivity index (χ4n) is 2.76. The number of unbranched alkanes of at least 4 members (excludes halogenated alkanes) is 1. The fourth-order valence-corrected chi connectivity index (χ4v) is 2.76. The van der Waals surface area contributed by atoms with E-state index in [0.717, 1.165) is 36.2 Å². The number of hydrogen-bond acceptors (Lipinski definition) is 2. The first-order chi connectivity index (χ1) is 9.42. The number of carbonyl (C=O) groups excluding carboxylic acids is 1. The largest absolute Gasteiger partial charge is 0.348 e. The Balaban J connectivity index is 2.84. The molecule has 0 bridgehead atoms. The lowest BCUT2D eigenvalue weighted by Crippen LogP contribution is -2.40. The Hall–Kier alpha value is -1.29. The van der Waals surface area contributed by atoms with Crippen LogP contribution in [0.1, 0.15) is 67.8 Å². The summed E-state index contributed by atoms with van der Waals surface area (Å²) in [6.45, 7) is 10.9. The van der Waals surface area contributed by atoms with Crippen molar-refractivity contribution in [1.29, 1.82) is 0 Å². The van der Waals surface area contributed by atoms with E-state index in [4.69, 9.17) is 5.73 Å². The lowest BCUT2D eigenvalue weighted by Gasteiger charge is -2.17. The Labute approximate surface area is 122 Å². The lowest BCUT2D eigenvalue weighted by atomic mass is 10.1. The molecule has 1 atom stereocenters. The number of nitrogens with one attached hydrogen (secondary N) is 1. The number of amides is 1. The third kappa shape index (κ3) is 3.85. The summed E-state index contributed by atoms with van der Waals surface area (Å²) in [5.74, 6) is -0.00319. The number of rotatable bonds is 7. The van der Waals surface area contributed by atoms with Gasteiger partial charge in [-0.1, -0.05) is 19.8 Å². The minimum absolute atomic E-state index is 0.00319. The van der Waals surface area contributed by atoms with Crippen LogP contribution in [0.3, 0.4) is 0 Å². The molecule has 1 amide bonds. The molecule has 0 radical (unpaired) electrons. The van der Waals surface area contributed by atoms with E-state index < -0.39 is 0 Å². The van der Waals surface area contributed by atoms with Gasteiger partial charge in [-0.25, -0.2) is 0 Å². The Morgan fingerprint density at radius 3 is 2.50 bits per heavy atom. The average Bonchev–Trinajstić information content (AvgIpc) is 2.69. The lowest BCUT2D eigenvalue weighted by molar-refractivity contribution is 0.0935. The molecule has 1 heterocycles. The van der Waals surface area contributed by atoms with Crippen molar-refractivity contribution in [3.05, 3.63) is 23.0 Å². The Morgan fingerprint density at radius 1 is 1.40 bits per heavy atom. The maximum absolute atomic E-state index is 12.4. The highest BCUT2D eigenvalue weighted by Gasteiger charge is 2.19. The number of carbonyl (C=O) groups is 1. The number of nitrogens with two attached hydrogens (primary N) is 1. The maximum atomic E-state index is 12.4. The second kappa shape index (κ2) is 7.48. The molecule has 1 unspecified atom stereocenters. The van der Waals surface area contributed by atoms with E-state index >= 15 is 0 Å². The van der Waals surface area contributed by atoms with Crippen molar-refractivity contribution in [2.75, 3.05) is 6.54 Å². The quantitative estimate of drug-likeness (QED) is 0.806. The van der Waals surface area contributed by atoms with Crippen LogP contribution in [0, 0.1) is 13.8 Å². The summed E-state index contributed by atoms with van der Waals surface area (Å²) in [6, 6.07) is 2.41. The molecule has 20 heavy (non-hydrogen) atoms. The van der Waals surface area contributed by atoms with Crippen molar-refractivity contribution < 1.29 is 4.79 Å². The third-order valence-corrected chi connectivity index (χ3v) is 3.77. The first kappa shape index (κ1) is 16.8. The summed E-state index contributed by atoms with van der Waals surface area (Å²) in [4.78, 5) is 12.4. The highest BCUT2D eigenvalue weighted by molar-refractivity contribution is 5.95. The monoisotopic (exact) mass is 279 g/mol. The SMILES string of the molecule is CCCCC(CN)NC(=O)c1cc(C)n(C(C)C)c1C. The van der Waals surface area contributed by atoms with Crippen LogP contribution in [0.25, 0.3) is 0 Å². The summed E-state index contributed by atoms with van der Waals surface area (Å²) in [7, 11) is 0. The average molecular weight is 279 g/mol. The molecule has 0 saturated carbocycles. The molecule has 0 fully saturated rings. The van der Waals surface area contributed by atoms with Crippen LogP contribution in [-0.4, -0.2) is 23.1 Å². The highest BCUT2D eigenvalue weighted by Crippen LogP contribution is 2.20. The number of hydrogen-bond donors (Lipinski definition) is 2. The van der Waals surface area contributed by atoms with E-state index in [1.807, 2.05) is 19.9 Å². The van der Waals surface area contributed by atoms with Crippen LogP contribution in [0.5, 0.6) is 0 Å². The van der Waals surface area contributed by atoms with Crippen molar-refractivity contribution in [2.24, 2.45) is 5.73 Å². The Kier molecular flexibility index (Phi) is 6.27. The van der Waals surface area contributed by atoms with Gasteiger partial charge in [-0.05, 0) is 40.2 Å². The van der Waals surface area contributed by atoms with Crippen LogP contribution in [-0.2, 0) is 0 Å². The van der Waals surface area contributed by atoms with Crippen molar-refractivity contribution in [2.45, 2.75) is 66.0 Å². The molecule has 0 aliphatic carbocycles. The zero-order valence-corrected chi connectivity index (χ0v) is 13.5. The van der Waals surface area contributed by atoms with Crippen LogP contribution < -0.4 is 11.1 Å². The molecule has 114 valence electrons. The van der Waals surface area contributed by atoms with Gasteiger partial charge < -0.3 is 15.6 Å². The molecule has 1 aromatic heterocycles. The normalized spacial score (nSPS) is 12.8. The number of aryl methyl sites for hydroxylation is 1. The second-order valence-electron chi connectivity index (χ2n) is 5.80. The minimum atomic E-state index is -0.00319. The van der Waals surface area contributed by atoms with Gasteiger partial charge in [0.1, 0.15) is 0 Å². The summed E-state index contributed by atoms with van der Waals surface area (Å²) in [5, 5.41) is 3.06. The molecule has 0 saturated heterocycles. The summed E-state index contributed by atoms with van der Waals surface area (Å²) < 4.78 is 2.19. The van der Waals surface area contributed by atoms with Gasteiger partial charge in [-0.2, -0.15) is 0 Å². The zero-order valence-electron chi connectivity index (χ0n) is 13.5. The summed E-state index contributed by atoms with van der Waals surface area (Å²) in [5.41, 5.74) is 8.67. The predicted octanol–water partition coefficient (Wildman–Crippen LogP) is 2.93. The van der Waals surface area contributed by atoms with Crippen LogP contribution in [0.4, 0.5) is 0 Å². The molecule has 0 aliphatic heterocycles. The van der Waals surface area contributed by atoms with Crippen molar-refractivity contribution in [3.8, 4) is 0 Å². The van der Waals surface area contributed by atoms with E-state index in [0.29, 0.717) is 12.6 Å². The van der Waals surface area contributed by atoms with Gasteiger partial charge in [0.25, 0.3) is 5.91 Å². The van der Waals surface area contributed by atoms with E-state index in [1.54, 1.807) is 0 Å². The van der Waals surface area contributed by atoms with Gasteiger partial charge in [-0.15, -0.1) is 0 Å². The molecule has 1 rings (SSSR count). The molecule has 0 spiro atoms. The van der Waals surface area contributed by atoms with Crippen LogP contribution in [0.2, 0.25) is 0 Å². The summed E-state index contributed by atoms with van der Waals surface area (Å²) in [6.07, 6.45) is 3.16. The van der Waals surface area contributed by atoms with Gasteiger partial charge in [0.15, 0.2) is 0 Å². The topological polar surface area (TPSA) is 60.0 Å². The second-order valence-corrected chi connectivity index (χ2v) is 5.80. The minimum Gasteiger partial charge on any atom is -0.348 e. The van der Waals surface area contributed by atoms with Crippen LogP contribution >= 0.6 is 0 Å². The zero-order chi connectivity index (χ0) is 15.3. The molecular formula is C16H29N3O. The molecule has 1 aromatic rings. The Morgan fingerprint density at radius 2 is 2.05 bits per heavy atom. The molecular weight excluding hydrogens is 250 g/mol. The first-order valence-electron chi connectivity index (χ1n) is 7.61. The van der Waals surface area contributed by atoms with Crippen molar-refractivity contribution in [3.63, 3.8) is 0 Å². The van der Waals surface area contributed by atoms with Gasteiger partial charge in [0.2, 0.25) is 0 Å². The van der Waals surface area contributed by atoms with Gasteiger partial charge >= 0.3 is 0 Å². The Bertz CT molecular complexity index is 449. The highest BCUT2D eigenvalue weighted by atomic mass is 16.1.